The van der Waals surface area contributed by atoms with E-state index in [2.05, 4.69) is 51.8 Å². The van der Waals surface area contributed by atoms with Crippen LogP contribution in [-0.2, 0) is 13.1 Å². The molecule has 5 heteroatoms. The highest BCUT2D eigenvalue weighted by Gasteiger charge is 2.02. The normalized spacial score (nSPS) is 11.6. The summed E-state index contributed by atoms with van der Waals surface area (Å²) < 4.78 is 13.2. The van der Waals surface area contributed by atoms with E-state index >= 15 is 0 Å². The van der Waals surface area contributed by atoms with Gasteiger partial charge >= 0.3 is 0 Å². The standard InChI is InChI=1S/C19H25FN4/c1-21-19(23-14-17-9-6-10-18(20)13-17)22-11-12-24(2)15-16-7-4-3-5-8-16/h3-10,13H,11-12,14-15H2,1-2H3,(H2,21,22,23). The van der Waals surface area contributed by atoms with Gasteiger partial charge in [-0.1, -0.05) is 42.5 Å². The topological polar surface area (TPSA) is 39.7 Å². The number of guanidine groups is 1. The van der Waals surface area contributed by atoms with Crippen LogP contribution in [0.5, 0.6) is 0 Å². The van der Waals surface area contributed by atoms with Crippen molar-refractivity contribution >= 4 is 5.96 Å². The summed E-state index contributed by atoms with van der Waals surface area (Å²) in [6.45, 7) is 3.14. The summed E-state index contributed by atoms with van der Waals surface area (Å²) in [6, 6.07) is 17.0. The molecule has 0 unspecified atom stereocenters. The molecule has 0 aromatic heterocycles. The Kier molecular flexibility index (Phi) is 7.23. The fraction of sp³-hybridized carbons (Fsp3) is 0.316. The van der Waals surface area contributed by atoms with Crippen LogP contribution < -0.4 is 10.6 Å². The Morgan fingerprint density at radius 2 is 1.79 bits per heavy atom. The summed E-state index contributed by atoms with van der Waals surface area (Å²) in [7, 11) is 3.83. The molecule has 24 heavy (non-hydrogen) atoms. The second-order valence-electron chi connectivity index (χ2n) is 5.71. The van der Waals surface area contributed by atoms with Crippen molar-refractivity contribution in [2.24, 2.45) is 4.99 Å². The molecule has 2 aromatic rings. The molecule has 2 rings (SSSR count). The molecule has 128 valence electrons. The number of nitrogens with zero attached hydrogens (tertiary/aromatic N) is 2. The van der Waals surface area contributed by atoms with E-state index in [0.717, 1.165) is 25.2 Å². The molecule has 0 aliphatic carbocycles. The van der Waals surface area contributed by atoms with Gasteiger partial charge in [-0.05, 0) is 30.3 Å². The molecule has 2 N–H and O–H groups in total. The summed E-state index contributed by atoms with van der Waals surface area (Å²) in [4.78, 5) is 6.44. The first kappa shape index (κ1) is 17.9. The van der Waals surface area contributed by atoms with Gasteiger partial charge < -0.3 is 15.5 Å². The van der Waals surface area contributed by atoms with Crippen molar-refractivity contribution < 1.29 is 4.39 Å². The Labute approximate surface area is 143 Å². The van der Waals surface area contributed by atoms with Gasteiger partial charge in [0.2, 0.25) is 0 Å². The Morgan fingerprint density at radius 3 is 2.50 bits per heavy atom. The second kappa shape index (κ2) is 9.67. The fourth-order valence-electron chi connectivity index (χ4n) is 2.39. The molecule has 0 atom stereocenters. The van der Waals surface area contributed by atoms with Crippen LogP contribution in [0.3, 0.4) is 0 Å². The maximum absolute atomic E-state index is 13.2. The first-order valence-corrected chi connectivity index (χ1v) is 8.09. The highest BCUT2D eigenvalue weighted by Crippen LogP contribution is 2.03. The van der Waals surface area contributed by atoms with E-state index in [0.29, 0.717) is 12.5 Å². The molecule has 0 aliphatic heterocycles. The van der Waals surface area contributed by atoms with Gasteiger partial charge in [0, 0.05) is 33.2 Å². The Hall–Kier alpha value is -2.40. The van der Waals surface area contributed by atoms with Crippen LogP contribution in [0.1, 0.15) is 11.1 Å². The van der Waals surface area contributed by atoms with Crippen molar-refractivity contribution in [2.75, 3.05) is 27.2 Å². The predicted molar refractivity (Wildman–Crippen MR) is 97.4 cm³/mol. The van der Waals surface area contributed by atoms with Crippen LogP contribution in [0.15, 0.2) is 59.6 Å². The average Bonchev–Trinajstić information content (AvgIpc) is 2.59. The Bertz CT molecular complexity index is 643. The maximum atomic E-state index is 13.2. The van der Waals surface area contributed by atoms with Crippen molar-refractivity contribution in [3.8, 4) is 0 Å². The molecule has 0 radical (unpaired) electrons. The lowest BCUT2D eigenvalue weighted by Gasteiger charge is -2.18. The predicted octanol–water partition coefficient (Wildman–Crippen LogP) is 2.62. The van der Waals surface area contributed by atoms with E-state index in [1.54, 1.807) is 13.1 Å². The molecule has 4 nitrogen and oxygen atoms in total. The van der Waals surface area contributed by atoms with Crippen molar-refractivity contribution in [3.63, 3.8) is 0 Å². The summed E-state index contributed by atoms with van der Waals surface area (Å²) in [6.07, 6.45) is 0. The van der Waals surface area contributed by atoms with Gasteiger partial charge in [0.15, 0.2) is 5.96 Å². The van der Waals surface area contributed by atoms with Crippen molar-refractivity contribution in [1.82, 2.24) is 15.5 Å². The van der Waals surface area contributed by atoms with Crippen LogP contribution in [0, 0.1) is 5.82 Å². The summed E-state index contributed by atoms with van der Waals surface area (Å²) in [5.74, 6) is 0.493. The lowest BCUT2D eigenvalue weighted by Crippen LogP contribution is -2.40. The number of aliphatic imine (C=N–C) groups is 1. The molecular weight excluding hydrogens is 303 g/mol. The molecule has 0 saturated heterocycles. The number of likely N-dealkylation sites (N-methyl/N-ethyl adjacent to an activating group) is 1. The van der Waals surface area contributed by atoms with E-state index in [1.165, 1.54) is 17.7 Å². The zero-order chi connectivity index (χ0) is 17.2. The Morgan fingerprint density at radius 1 is 1.04 bits per heavy atom. The lowest BCUT2D eigenvalue weighted by atomic mass is 10.2. The van der Waals surface area contributed by atoms with Gasteiger partial charge in [-0.25, -0.2) is 4.39 Å². The number of hydrogen-bond acceptors (Lipinski definition) is 2. The Balaban J connectivity index is 1.69. The van der Waals surface area contributed by atoms with Crippen molar-refractivity contribution in [1.29, 1.82) is 0 Å². The van der Waals surface area contributed by atoms with Crippen LogP contribution in [0.25, 0.3) is 0 Å². The molecule has 0 fully saturated rings. The summed E-state index contributed by atoms with van der Waals surface area (Å²) in [5.41, 5.74) is 2.19. The number of benzene rings is 2. The first-order valence-electron chi connectivity index (χ1n) is 8.09. The van der Waals surface area contributed by atoms with Crippen LogP contribution in [-0.4, -0.2) is 38.0 Å². The first-order chi connectivity index (χ1) is 11.7. The zero-order valence-corrected chi connectivity index (χ0v) is 14.3. The number of halogens is 1. The van der Waals surface area contributed by atoms with Gasteiger partial charge in [0.05, 0.1) is 0 Å². The number of rotatable bonds is 7. The molecule has 0 saturated carbocycles. The maximum Gasteiger partial charge on any atom is 0.191 e. The fourth-order valence-corrected chi connectivity index (χ4v) is 2.39. The SMILES string of the molecule is CN=C(NCCN(C)Cc1ccccc1)NCc1cccc(F)c1. The quantitative estimate of drug-likeness (QED) is 0.606. The third kappa shape index (κ3) is 6.38. The van der Waals surface area contributed by atoms with Crippen molar-refractivity contribution in [2.45, 2.75) is 13.1 Å². The monoisotopic (exact) mass is 328 g/mol. The minimum atomic E-state index is -0.222. The van der Waals surface area contributed by atoms with E-state index in [9.17, 15) is 4.39 Å². The smallest absolute Gasteiger partial charge is 0.191 e. The van der Waals surface area contributed by atoms with Crippen molar-refractivity contribution in [3.05, 3.63) is 71.5 Å². The lowest BCUT2D eigenvalue weighted by molar-refractivity contribution is 0.331. The molecule has 0 amide bonds. The molecule has 2 aromatic carbocycles. The highest BCUT2D eigenvalue weighted by molar-refractivity contribution is 5.79. The molecular formula is C19H25FN4. The van der Waals surface area contributed by atoms with E-state index < -0.39 is 0 Å². The summed E-state index contributed by atoms with van der Waals surface area (Å²) in [5, 5.41) is 6.46. The largest absolute Gasteiger partial charge is 0.355 e. The molecule has 0 spiro atoms. The minimum Gasteiger partial charge on any atom is -0.355 e. The molecule has 0 aliphatic rings. The second-order valence-corrected chi connectivity index (χ2v) is 5.71. The minimum absolute atomic E-state index is 0.222. The third-order valence-corrected chi connectivity index (χ3v) is 3.65. The number of nitrogens with one attached hydrogen (secondary N) is 2. The van der Waals surface area contributed by atoms with E-state index in [1.807, 2.05) is 12.1 Å². The molecule has 0 bridgehead atoms. The van der Waals surface area contributed by atoms with E-state index in [4.69, 9.17) is 0 Å². The third-order valence-electron chi connectivity index (χ3n) is 3.65. The van der Waals surface area contributed by atoms with Crippen LogP contribution in [0.2, 0.25) is 0 Å². The highest BCUT2D eigenvalue weighted by atomic mass is 19.1. The zero-order valence-electron chi connectivity index (χ0n) is 14.3. The van der Waals surface area contributed by atoms with Gasteiger partial charge in [0.25, 0.3) is 0 Å². The van der Waals surface area contributed by atoms with Crippen LogP contribution >= 0.6 is 0 Å². The van der Waals surface area contributed by atoms with Crippen LogP contribution in [0.4, 0.5) is 4.39 Å². The average molecular weight is 328 g/mol. The van der Waals surface area contributed by atoms with Gasteiger partial charge in [-0.15, -0.1) is 0 Å². The summed E-state index contributed by atoms with van der Waals surface area (Å²) >= 11 is 0. The molecule has 0 heterocycles. The van der Waals surface area contributed by atoms with E-state index in [-0.39, 0.29) is 5.82 Å². The van der Waals surface area contributed by atoms with Gasteiger partial charge in [0.1, 0.15) is 5.82 Å². The van der Waals surface area contributed by atoms with Gasteiger partial charge in [-0.3, -0.25) is 4.99 Å². The van der Waals surface area contributed by atoms with Gasteiger partial charge in [-0.2, -0.15) is 0 Å². The number of hydrogen-bond donors (Lipinski definition) is 2.